The molecule has 3 nitrogen and oxygen atoms in total. The monoisotopic (exact) mass is 216 g/mol. The number of aromatic nitrogens is 1. The molecule has 0 saturated carbocycles. The van der Waals surface area contributed by atoms with E-state index >= 15 is 0 Å². The molecule has 1 aliphatic rings. The van der Waals surface area contributed by atoms with Crippen LogP contribution in [0.1, 0.15) is 16.8 Å². The molecule has 0 bridgehead atoms. The largest absolute Gasteiger partial charge is 0.433 e. The van der Waals surface area contributed by atoms with Crippen LogP contribution < -0.4 is 5.32 Å². The summed E-state index contributed by atoms with van der Waals surface area (Å²) in [6.07, 6.45) is -3.30. The minimum absolute atomic E-state index is 0.0130. The molecule has 15 heavy (non-hydrogen) atoms. The van der Waals surface area contributed by atoms with E-state index in [0.717, 1.165) is 12.3 Å². The number of halogens is 3. The Morgan fingerprint density at radius 1 is 1.33 bits per heavy atom. The highest BCUT2D eigenvalue weighted by Gasteiger charge is 2.33. The third-order valence-corrected chi connectivity index (χ3v) is 2.20. The molecule has 0 fully saturated rings. The molecule has 2 rings (SSSR count). The molecule has 0 aliphatic carbocycles. The number of pyridine rings is 1. The highest BCUT2D eigenvalue weighted by Crippen LogP contribution is 2.29. The third kappa shape index (κ3) is 1.93. The lowest BCUT2D eigenvalue weighted by Crippen LogP contribution is -2.30. The fourth-order valence-corrected chi connectivity index (χ4v) is 1.43. The SMILES string of the molecule is O=C1Cc2cc(C(F)(F)F)ncc2CN1. The average molecular weight is 216 g/mol. The molecule has 0 spiro atoms. The molecule has 1 N–H and O–H groups in total. The fraction of sp³-hybridized carbons (Fsp3) is 0.333. The van der Waals surface area contributed by atoms with Gasteiger partial charge >= 0.3 is 6.18 Å². The number of nitrogens with zero attached hydrogens (tertiary/aromatic N) is 1. The highest BCUT2D eigenvalue weighted by molar-refractivity contribution is 5.80. The van der Waals surface area contributed by atoms with Gasteiger partial charge in [-0.25, -0.2) is 0 Å². The van der Waals surface area contributed by atoms with E-state index in [9.17, 15) is 18.0 Å². The molecule has 80 valence electrons. The first-order valence-electron chi connectivity index (χ1n) is 4.28. The van der Waals surface area contributed by atoms with Crippen LogP contribution in [0.25, 0.3) is 0 Å². The second-order valence-electron chi connectivity index (χ2n) is 3.29. The molecular weight excluding hydrogens is 209 g/mol. The van der Waals surface area contributed by atoms with Gasteiger partial charge in [-0.15, -0.1) is 0 Å². The van der Waals surface area contributed by atoms with Gasteiger partial charge in [-0.05, 0) is 17.2 Å². The molecule has 0 unspecified atom stereocenters. The first-order chi connectivity index (χ1) is 6.97. The predicted octanol–water partition coefficient (Wildman–Crippen LogP) is 1.27. The number of hydrogen-bond acceptors (Lipinski definition) is 2. The van der Waals surface area contributed by atoms with Gasteiger partial charge in [-0.2, -0.15) is 13.2 Å². The van der Waals surface area contributed by atoms with Crippen molar-refractivity contribution in [2.45, 2.75) is 19.1 Å². The van der Waals surface area contributed by atoms with Crippen LogP contribution >= 0.6 is 0 Å². The summed E-state index contributed by atoms with van der Waals surface area (Å²) in [5.41, 5.74) is 0.0969. The summed E-state index contributed by atoms with van der Waals surface area (Å²) in [6.45, 7) is 0.249. The smallest absolute Gasteiger partial charge is 0.352 e. The van der Waals surface area contributed by atoms with Crippen molar-refractivity contribution in [1.29, 1.82) is 0 Å². The van der Waals surface area contributed by atoms with Crippen LogP contribution in [0.15, 0.2) is 12.3 Å². The zero-order valence-electron chi connectivity index (χ0n) is 7.56. The second-order valence-corrected chi connectivity index (χ2v) is 3.29. The van der Waals surface area contributed by atoms with Crippen LogP contribution in [0.4, 0.5) is 13.2 Å². The van der Waals surface area contributed by atoms with Crippen molar-refractivity contribution >= 4 is 5.91 Å². The average Bonchev–Trinajstić information content (AvgIpc) is 2.15. The Morgan fingerprint density at radius 3 is 2.73 bits per heavy atom. The van der Waals surface area contributed by atoms with Gasteiger partial charge in [-0.1, -0.05) is 0 Å². The summed E-state index contributed by atoms with van der Waals surface area (Å²) in [5.74, 6) is -0.262. The Bertz CT molecular complexity index is 414. The van der Waals surface area contributed by atoms with Gasteiger partial charge in [0.25, 0.3) is 0 Å². The van der Waals surface area contributed by atoms with Crippen LogP contribution in [0.5, 0.6) is 0 Å². The second kappa shape index (κ2) is 3.22. The normalized spacial score (nSPS) is 15.8. The number of hydrogen-bond donors (Lipinski definition) is 1. The molecule has 1 amide bonds. The van der Waals surface area contributed by atoms with Crippen molar-refractivity contribution in [2.24, 2.45) is 0 Å². The number of alkyl halides is 3. The fourth-order valence-electron chi connectivity index (χ4n) is 1.43. The van der Waals surface area contributed by atoms with Crippen LogP contribution in [-0.4, -0.2) is 10.9 Å². The van der Waals surface area contributed by atoms with Crippen molar-refractivity contribution < 1.29 is 18.0 Å². The molecule has 1 aromatic heterocycles. The molecule has 0 aromatic carbocycles. The summed E-state index contributed by atoms with van der Waals surface area (Å²) in [5, 5.41) is 2.54. The Labute approximate surface area is 83.3 Å². The van der Waals surface area contributed by atoms with E-state index in [4.69, 9.17) is 0 Å². The molecule has 0 saturated heterocycles. The molecular formula is C9H7F3N2O. The number of carbonyl (C=O) groups is 1. The van der Waals surface area contributed by atoms with Gasteiger partial charge in [-0.3, -0.25) is 9.78 Å². The summed E-state index contributed by atoms with van der Waals surface area (Å²) in [7, 11) is 0. The number of nitrogens with one attached hydrogen (secondary N) is 1. The summed E-state index contributed by atoms with van der Waals surface area (Å²) in [6, 6.07) is 0.939. The van der Waals surface area contributed by atoms with Crippen molar-refractivity contribution in [1.82, 2.24) is 10.3 Å². The Morgan fingerprint density at radius 2 is 2.07 bits per heavy atom. The maximum Gasteiger partial charge on any atom is 0.433 e. The Hall–Kier alpha value is -1.59. The van der Waals surface area contributed by atoms with E-state index in [2.05, 4.69) is 10.3 Å². The van der Waals surface area contributed by atoms with Gasteiger partial charge in [0.1, 0.15) is 5.69 Å². The maximum absolute atomic E-state index is 12.3. The van der Waals surface area contributed by atoms with E-state index < -0.39 is 11.9 Å². The number of rotatable bonds is 0. The van der Waals surface area contributed by atoms with Gasteiger partial charge < -0.3 is 5.32 Å². The molecule has 0 atom stereocenters. The lowest BCUT2D eigenvalue weighted by atomic mass is 10.0. The Balaban J connectivity index is 2.41. The summed E-state index contributed by atoms with van der Waals surface area (Å²) < 4.78 is 36.9. The summed E-state index contributed by atoms with van der Waals surface area (Å²) >= 11 is 0. The minimum atomic E-state index is -4.46. The third-order valence-electron chi connectivity index (χ3n) is 2.20. The first-order valence-corrected chi connectivity index (χ1v) is 4.28. The van der Waals surface area contributed by atoms with Crippen LogP contribution in [0.3, 0.4) is 0 Å². The van der Waals surface area contributed by atoms with Gasteiger partial charge in [0.05, 0.1) is 6.42 Å². The standard InChI is InChI=1S/C9H7F3N2O/c10-9(11,12)7-1-5-2-8(15)14-4-6(5)3-13-7/h1,3H,2,4H2,(H,14,15). The zero-order chi connectivity index (χ0) is 11.1. The lowest BCUT2D eigenvalue weighted by Gasteiger charge is -2.17. The zero-order valence-corrected chi connectivity index (χ0v) is 7.56. The van der Waals surface area contributed by atoms with E-state index in [1.54, 1.807) is 0 Å². The van der Waals surface area contributed by atoms with Gasteiger partial charge in [0, 0.05) is 12.7 Å². The van der Waals surface area contributed by atoms with Crippen LogP contribution in [0, 0.1) is 0 Å². The molecule has 6 heteroatoms. The quantitative estimate of drug-likeness (QED) is 0.709. The maximum atomic E-state index is 12.3. The van der Waals surface area contributed by atoms with Crippen molar-refractivity contribution in [2.75, 3.05) is 0 Å². The first kappa shape index (κ1) is 9.95. The number of amides is 1. The van der Waals surface area contributed by atoms with Gasteiger partial charge in [0.15, 0.2) is 0 Å². The topological polar surface area (TPSA) is 42.0 Å². The van der Waals surface area contributed by atoms with E-state index in [-0.39, 0.29) is 18.9 Å². The van der Waals surface area contributed by atoms with Crippen molar-refractivity contribution in [3.8, 4) is 0 Å². The molecule has 1 aliphatic heterocycles. The lowest BCUT2D eigenvalue weighted by molar-refractivity contribution is -0.141. The predicted molar refractivity (Wildman–Crippen MR) is 44.8 cm³/mol. The number of fused-ring (bicyclic) bond motifs is 1. The number of carbonyl (C=O) groups excluding carboxylic acids is 1. The van der Waals surface area contributed by atoms with E-state index in [1.807, 2.05) is 0 Å². The van der Waals surface area contributed by atoms with E-state index in [0.29, 0.717) is 11.1 Å². The molecule has 1 aromatic rings. The minimum Gasteiger partial charge on any atom is -0.352 e. The van der Waals surface area contributed by atoms with Crippen molar-refractivity contribution in [3.63, 3.8) is 0 Å². The van der Waals surface area contributed by atoms with E-state index in [1.165, 1.54) is 0 Å². The van der Waals surface area contributed by atoms with Crippen molar-refractivity contribution in [3.05, 3.63) is 29.1 Å². The van der Waals surface area contributed by atoms with Gasteiger partial charge in [0.2, 0.25) is 5.91 Å². The molecule has 2 heterocycles. The van der Waals surface area contributed by atoms with Crippen LogP contribution in [0.2, 0.25) is 0 Å². The highest BCUT2D eigenvalue weighted by atomic mass is 19.4. The van der Waals surface area contributed by atoms with Crippen LogP contribution in [-0.2, 0) is 23.9 Å². The Kier molecular flexibility index (Phi) is 2.13. The summed E-state index contributed by atoms with van der Waals surface area (Å²) in [4.78, 5) is 14.3. The molecule has 0 radical (unpaired) electrons.